The second kappa shape index (κ2) is 7.14. The molecule has 2 rings (SSSR count). The Balaban J connectivity index is 1.87. The monoisotopic (exact) mass is 232 g/mol. The molecule has 0 saturated carbocycles. The number of hydrogen-bond donors (Lipinski definition) is 0. The van der Waals surface area contributed by atoms with Crippen LogP contribution in [0.25, 0.3) is 6.08 Å². The average molecular weight is 232 g/mol. The van der Waals surface area contributed by atoms with E-state index in [4.69, 9.17) is 0 Å². The van der Waals surface area contributed by atoms with Crippen LogP contribution in [0.5, 0.6) is 0 Å². The van der Waals surface area contributed by atoms with Crippen molar-refractivity contribution < 1.29 is 0 Å². The third kappa shape index (κ3) is 4.31. The molecule has 0 radical (unpaired) electrons. The van der Waals surface area contributed by atoms with Gasteiger partial charge in [-0.2, -0.15) is 0 Å². The minimum Gasteiger partial charge on any atom is -0.0746 e. The summed E-state index contributed by atoms with van der Waals surface area (Å²) in [6.45, 7) is 0. The van der Waals surface area contributed by atoms with Crippen LogP contribution in [0, 0.1) is 0 Å². The van der Waals surface area contributed by atoms with Crippen LogP contribution in [0.4, 0.5) is 0 Å². The third-order valence-corrected chi connectivity index (χ3v) is 2.64. The molecule has 0 aliphatic carbocycles. The topological polar surface area (TPSA) is 0 Å². The normalized spacial score (nSPS) is 9.11. The highest BCUT2D eigenvalue weighted by Gasteiger charge is 1.86. The largest absolute Gasteiger partial charge is 0.0746 e. The lowest BCUT2D eigenvalue weighted by Crippen LogP contribution is -1.80. The van der Waals surface area contributed by atoms with Gasteiger partial charge < -0.3 is 0 Å². The van der Waals surface area contributed by atoms with Gasteiger partial charge in [-0.05, 0) is 36.1 Å². The predicted octanol–water partition coefficient (Wildman–Crippen LogP) is 4.64. The Kier molecular flexibility index (Phi) is 4.84. The zero-order valence-corrected chi connectivity index (χ0v) is 10.3. The number of benzene rings is 2. The first-order chi connectivity index (χ1) is 8.95. The van der Waals surface area contributed by atoms with Crippen LogP contribution in [0.2, 0.25) is 0 Å². The van der Waals surface area contributed by atoms with Crippen LogP contribution in [-0.2, 0) is 6.42 Å². The van der Waals surface area contributed by atoms with E-state index in [-0.39, 0.29) is 0 Å². The molecule has 0 atom stereocenters. The van der Waals surface area contributed by atoms with Gasteiger partial charge in [0.2, 0.25) is 0 Å². The Morgan fingerprint density at radius 1 is 0.778 bits per heavy atom. The fraction of sp³-hybridized carbons (Fsp3) is 0.111. The van der Waals surface area contributed by atoms with Gasteiger partial charge >= 0.3 is 0 Å². The van der Waals surface area contributed by atoms with Crippen LogP contribution in [0.15, 0.2) is 78.2 Å². The molecule has 0 unspecified atom stereocenters. The van der Waals surface area contributed by atoms with E-state index in [2.05, 4.69) is 47.9 Å². The first kappa shape index (κ1) is 12.2. The maximum atomic E-state index is 3.07. The second-order valence-corrected chi connectivity index (χ2v) is 4.07. The molecular formula is C18H16. The molecule has 0 aromatic heterocycles. The van der Waals surface area contributed by atoms with Gasteiger partial charge in [-0.25, -0.2) is 0 Å². The maximum absolute atomic E-state index is 3.07. The van der Waals surface area contributed by atoms with Gasteiger partial charge in [-0.1, -0.05) is 72.1 Å². The van der Waals surface area contributed by atoms with Gasteiger partial charge in [0.25, 0.3) is 0 Å². The van der Waals surface area contributed by atoms with E-state index in [9.17, 15) is 0 Å². The molecule has 0 aliphatic rings. The number of aryl methyl sites for hydroxylation is 1. The average Bonchev–Trinajstić information content (AvgIpc) is 2.45. The van der Waals surface area contributed by atoms with Crippen molar-refractivity contribution in [1.82, 2.24) is 0 Å². The van der Waals surface area contributed by atoms with Crippen molar-refractivity contribution in [2.24, 2.45) is 0 Å². The van der Waals surface area contributed by atoms with Crippen LogP contribution in [0.1, 0.15) is 17.5 Å². The number of hydrogen-bond acceptors (Lipinski definition) is 0. The smallest absolute Gasteiger partial charge is 0.00429 e. The van der Waals surface area contributed by atoms with E-state index in [1.165, 1.54) is 5.56 Å². The highest BCUT2D eigenvalue weighted by Crippen LogP contribution is 2.02. The van der Waals surface area contributed by atoms with E-state index in [1.807, 2.05) is 36.4 Å². The summed E-state index contributed by atoms with van der Waals surface area (Å²) in [5, 5.41) is 0. The quantitative estimate of drug-likeness (QED) is 0.673. The summed E-state index contributed by atoms with van der Waals surface area (Å²) in [5.41, 5.74) is 8.65. The summed E-state index contributed by atoms with van der Waals surface area (Å²) in [6.07, 6.45) is 6.03. The second-order valence-electron chi connectivity index (χ2n) is 4.07. The molecule has 2 aromatic carbocycles. The highest BCUT2D eigenvalue weighted by molar-refractivity contribution is 5.47. The summed E-state index contributed by atoms with van der Waals surface area (Å²) < 4.78 is 0. The summed E-state index contributed by atoms with van der Waals surface area (Å²) in [4.78, 5) is 0. The van der Waals surface area contributed by atoms with E-state index >= 15 is 0 Å². The lowest BCUT2D eigenvalue weighted by atomic mass is 10.1. The van der Waals surface area contributed by atoms with Crippen molar-refractivity contribution in [2.45, 2.75) is 12.8 Å². The minimum absolute atomic E-state index is 1.000. The lowest BCUT2D eigenvalue weighted by molar-refractivity contribution is 1.00. The van der Waals surface area contributed by atoms with E-state index in [1.54, 1.807) is 0 Å². The van der Waals surface area contributed by atoms with Crippen molar-refractivity contribution in [3.8, 4) is 0 Å². The Morgan fingerprint density at radius 3 is 2.17 bits per heavy atom. The molecule has 0 amide bonds. The van der Waals surface area contributed by atoms with Gasteiger partial charge in [-0.3, -0.25) is 0 Å². The summed E-state index contributed by atoms with van der Waals surface area (Å²) in [5.74, 6) is 0. The molecular weight excluding hydrogens is 216 g/mol. The van der Waals surface area contributed by atoms with Crippen molar-refractivity contribution >= 4 is 6.08 Å². The van der Waals surface area contributed by atoms with E-state index < -0.39 is 0 Å². The van der Waals surface area contributed by atoms with Crippen LogP contribution >= 0.6 is 0 Å². The van der Waals surface area contributed by atoms with Crippen LogP contribution in [-0.4, -0.2) is 0 Å². The first-order valence-electron chi connectivity index (χ1n) is 6.20. The molecule has 0 fully saturated rings. The fourth-order valence-electron chi connectivity index (χ4n) is 1.69. The molecule has 0 heteroatoms. The zero-order valence-electron chi connectivity index (χ0n) is 10.3. The SMILES string of the molecule is C(=C=Cc1ccccc1)=CCCc1ccccc1. The van der Waals surface area contributed by atoms with Gasteiger partial charge in [-0.15, -0.1) is 0 Å². The Labute approximate surface area is 109 Å². The van der Waals surface area contributed by atoms with Crippen molar-refractivity contribution in [3.05, 3.63) is 89.3 Å². The standard InChI is InChI=1S/C18H16/c1(5-11-17-13-7-3-8-14-17)2-6-12-18-15-9-4-10-16-18/h1,3-4,7-10,12-16H,5,11H2. The lowest BCUT2D eigenvalue weighted by Gasteiger charge is -1.94. The van der Waals surface area contributed by atoms with Crippen LogP contribution < -0.4 is 0 Å². The summed E-state index contributed by atoms with van der Waals surface area (Å²) in [7, 11) is 0. The summed E-state index contributed by atoms with van der Waals surface area (Å²) in [6, 6.07) is 20.7. The number of rotatable bonds is 4. The third-order valence-electron chi connectivity index (χ3n) is 2.64. The fourth-order valence-corrected chi connectivity index (χ4v) is 1.69. The predicted molar refractivity (Wildman–Crippen MR) is 77.3 cm³/mol. The van der Waals surface area contributed by atoms with E-state index in [0.717, 1.165) is 18.4 Å². The molecule has 0 heterocycles. The van der Waals surface area contributed by atoms with Crippen molar-refractivity contribution in [1.29, 1.82) is 0 Å². The number of allylic oxidation sites excluding steroid dienone is 1. The van der Waals surface area contributed by atoms with Crippen LogP contribution in [0.3, 0.4) is 0 Å². The van der Waals surface area contributed by atoms with Crippen molar-refractivity contribution in [3.63, 3.8) is 0 Å². The van der Waals surface area contributed by atoms with Gasteiger partial charge in [0.05, 0.1) is 0 Å². The molecule has 88 valence electrons. The van der Waals surface area contributed by atoms with Gasteiger partial charge in [0.15, 0.2) is 0 Å². The molecule has 0 aliphatic heterocycles. The zero-order chi connectivity index (χ0) is 12.5. The highest BCUT2D eigenvalue weighted by atomic mass is 13.9. The molecule has 0 nitrogen and oxygen atoms in total. The molecule has 18 heavy (non-hydrogen) atoms. The van der Waals surface area contributed by atoms with Crippen molar-refractivity contribution in [2.75, 3.05) is 0 Å². The molecule has 0 bridgehead atoms. The Bertz CT molecular complexity index is 552. The van der Waals surface area contributed by atoms with Gasteiger partial charge in [0.1, 0.15) is 0 Å². The molecule has 0 spiro atoms. The maximum Gasteiger partial charge on any atom is -0.00429 e. The Morgan fingerprint density at radius 2 is 1.44 bits per heavy atom. The molecule has 0 saturated heterocycles. The Hall–Kier alpha value is -2.26. The molecule has 2 aromatic rings. The molecule has 0 N–H and O–H groups in total. The minimum atomic E-state index is 1.000. The van der Waals surface area contributed by atoms with Gasteiger partial charge in [0, 0.05) is 0 Å². The first-order valence-corrected chi connectivity index (χ1v) is 6.20. The summed E-state index contributed by atoms with van der Waals surface area (Å²) >= 11 is 0. The van der Waals surface area contributed by atoms with E-state index in [0.29, 0.717) is 0 Å².